The van der Waals surface area contributed by atoms with Crippen LogP contribution in [0.1, 0.15) is 18.2 Å². The van der Waals surface area contributed by atoms with Gasteiger partial charge in [-0.05, 0) is 18.6 Å². The first-order valence-electron chi connectivity index (χ1n) is 3.64. The predicted molar refractivity (Wildman–Crippen MR) is 49.0 cm³/mol. The van der Waals surface area contributed by atoms with Crippen molar-refractivity contribution in [1.29, 1.82) is 0 Å². The Bertz CT molecular complexity index is 275. The average molecular weight is 184 g/mol. The molecule has 0 aliphatic heterocycles. The van der Waals surface area contributed by atoms with Crippen molar-refractivity contribution in [3.8, 4) is 0 Å². The van der Waals surface area contributed by atoms with Crippen LogP contribution in [0.2, 0.25) is 5.02 Å². The van der Waals surface area contributed by atoms with Gasteiger partial charge in [0.05, 0.1) is 11.8 Å². The lowest BCUT2D eigenvalue weighted by atomic mass is 10.2. The highest BCUT2D eigenvalue weighted by molar-refractivity contribution is 6.30. The van der Waals surface area contributed by atoms with Crippen LogP contribution < -0.4 is 0 Å². The second kappa shape index (κ2) is 4.24. The molecule has 1 aromatic rings. The van der Waals surface area contributed by atoms with Crippen molar-refractivity contribution in [2.75, 3.05) is 0 Å². The van der Waals surface area contributed by atoms with E-state index in [2.05, 4.69) is 11.6 Å². The largest absolute Gasteiger partial charge is 0.386 e. The molecule has 1 unspecified atom stereocenters. The summed E-state index contributed by atoms with van der Waals surface area (Å²) < 4.78 is 0. The Morgan fingerprint density at radius 1 is 1.75 bits per heavy atom. The van der Waals surface area contributed by atoms with Gasteiger partial charge in [-0.25, -0.2) is 0 Å². The average Bonchev–Trinajstić information content (AvgIpc) is 2.05. The Morgan fingerprint density at radius 3 is 3.08 bits per heavy atom. The molecule has 1 atom stereocenters. The third-order valence-electron chi connectivity index (χ3n) is 1.47. The molecular formula is C9H10ClNO. The summed E-state index contributed by atoms with van der Waals surface area (Å²) in [6.07, 6.45) is 3.12. The van der Waals surface area contributed by atoms with Gasteiger partial charge in [-0.15, -0.1) is 6.58 Å². The number of aliphatic hydroxyl groups excluding tert-OH is 1. The number of halogens is 1. The summed E-state index contributed by atoms with van der Waals surface area (Å²) in [5, 5.41) is 10.0. The van der Waals surface area contributed by atoms with Gasteiger partial charge in [0.2, 0.25) is 0 Å². The van der Waals surface area contributed by atoms with Crippen LogP contribution in [0.5, 0.6) is 0 Å². The summed E-state index contributed by atoms with van der Waals surface area (Å²) in [5.41, 5.74) is 0.586. The van der Waals surface area contributed by atoms with Crippen molar-refractivity contribution in [2.24, 2.45) is 0 Å². The third-order valence-corrected chi connectivity index (χ3v) is 1.71. The van der Waals surface area contributed by atoms with Crippen LogP contribution in [0.25, 0.3) is 0 Å². The highest BCUT2D eigenvalue weighted by Crippen LogP contribution is 2.17. The molecule has 0 bridgehead atoms. The van der Waals surface area contributed by atoms with Gasteiger partial charge in [-0.2, -0.15) is 0 Å². The summed E-state index contributed by atoms with van der Waals surface area (Å²) in [6, 6.07) is 3.32. The van der Waals surface area contributed by atoms with Crippen LogP contribution >= 0.6 is 11.6 Å². The number of pyridine rings is 1. The molecule has 0 spiro atoms. The quantitative estimate of drug-likeness (QED) is 0.730. The van der Waals surface area contributed by atoms with E-state index in [0.29, 0.717) is 17.1 Å². The Morgan fingerprint density at radius 2 is 2.50 bits per heavy atom. The van der Waals surface area contributed by atoms with Crippen LogP contribution in [-0.4, -0.2) is 10.1 Å². The van der Waals surface area contributed by atoms with Crippen molar-refractivity contribution < 1.29 is 5.11 Å². The van der Waals surface area contributed by atoms with Crippen molar-refractivity contribution in [2.45, 2.75) is 12.5 Å². The minimum absolute atomic E-state index is 0.493. The SMILES string of the molecule is C=CCC(O)c1cc(Cl)ccn1. The molecule has 0 aromatic carbocycles. The second-order valence-electron chi connectivity index (χ2n) is 2.44. The molecule has 0 amide bonds. The first-order valence-corrected chi connectivity index (χ1v) is 4.02. The maximum absolute atomic E-state index is 9.45. The van der Waals surface area contributed by atoms with Gasteiger partial charge >= 0.3 is 0 Å². The van der Waals surface area contributed by atoms with Crippen molar-refractivity contribution >= 4 is 11.6 Å². The zero-order chi connectivity index (χ0) is 8.97. The molecule has 1 rings (SSSR count). The smallest absolute Gasteiger partial charge is 0.0994 e. The van der Waals surface area contributed by atoms with Crippen LogP contribution in [0.3, 0.4) is 0 Å². The molecule has 1 heterocycles. The Labute approximate surface area is 76.5 Å². The summed E-state index contributed by atoms with van der Waals surface area (Å²) in [7, 11) is 0. The number of aromatic nitrogens is 1. The van der Waals surface area contributed by atoms with Gasteiger partial charge in [-0.3, -0.25) is 4.98 Å². The monoisotopic (exact) mass is 183 g/mol. The zero-order valence-corrected chi connectivity index (χ0v) is 7.33. The molecule has 1 aromatic heterocycles. The molecule has 0 aliphatic rings. The van der Waals surface area contributed by atoms with Crippen LogP contribution in [0.15, 0.2) is 31.0 Å². The summed E-state index contributed by atoms with van der Waals surface area (Å²) in [6.45, 7) is 3.53. The van der Waals surface area contributed by atoms with Gasteiger partial charge in [0.15, 0.2) is 0 Å². The van der Waals surface area contributed by atoms with E-state index in [-0.39, 0.29) is 0 Å². The van der Waals surface area contributed by atoms with E-state index >= 15 is 0 Å². The van der Waals surface area contributed by atoms with Crippen molar-refractivity contribution in [1.82, 2.24) is 4.98 Å². The maximum atomic E-state index is 9.45. The van der Waals surface area contributed by atoms with Crippen LogP contribution in [-0.2, 0) is 0 Å². The summed E-state index contributed by atoms with van der Waals surface area (Å²) >= 11 is 5.71. The Balaban J connectivity index is 2.80. The number of hydrogen-bond donors (Lipinski definition) is 1. The molecule has 1 N–H and O–H groups in total. The fourth-order valence-electron chi connectivity index (χ4n) is 0.882. The standard InChI is InChI=1S/C9H10ClNO/c1-2-3-9(12)8-6-7(10)4-5-11-8/h2,4-6,9,12H,1,3H2. The number of aliphatic hydroxyl groups is 1. The first kappa shape index (κ1) is 9.23. The first-order chi connectivity index (χ1) is 5.74. The Kier molecular flexibility index (Phi) is 3.26. The van der Waals surface area contributed by atoms with Gasteiger partial charge in [0.25, 0.3) is 0 Å². The molecule has 0 saturated heterocycles. The second-order valence-corrected chi connectivity index (χ2v) is 2.88. The number of nitrogens with zero attached hydrogens (tertiary/aromatic N) is 1. The molecule has 64 valence electrons. The number of hydrogen-bond acceptors (Lipinski definition) is 2. The highest BCUT2D eigenvalue weighted by atomic mass is 35.5. The molecule has 2 nitrogen and oxygen atoms in total. The molecule has 0 saturated carbocycles. The fourth-order valence-corrected chi connectivity index (χ4v) is 1.05. The van der Waals surface area contributed by atoms with E-state index < -0.39 is 6.10 Å². The molecular weight excluding hydrogens is 174 g/mol. The van der Waals surface area contributed by atoms with E-state index in [4.69, 9.17) is 11.6 Å². The normalized spacial score (nSPS) is 12.5. The minimum atomic E-state index is -0.596. The lowest BCUT2D eigenvalue weighted by Crippen LogP contribution is -1.98. The topological polar surface area (TPSA) is 33.1 Å². The van der Waals surface area contributed by atoms with E-state index in [1.54, 1.807) is 24.4 Å². The zero-order valence-electron chi connectivity index (χ0n) is 6.57. The van der Waals surface area contributed by atoms with E-state index in [9.17, 15) is 5.11 Å². The van der Waals surface area contributed by atoms with Gasteiger partial charge < -0.3 is 5.11 Å². The summed E-state index contributed by atoms with van der Waals surface area (Å²) in [4.78, 5) is 3.98. The van der Waals surface area contributed by atoms with Gasteiger partial charge in [-0.1, -0.05) is 17.7 Å². The van der Waals surface area contributed by atoms with Crippen LogP contribution in [0.4, 0.5) is 0 Å². The van der Waals surface area contributed by atoms with E-state index in [1.807, 2.05) is 0 Å². The van der Waals surface area contributed by atoms with Crippen molar-refractivity contribution in [3.63, 3.8) is 0 Å². The summed E-state index contributed by atoms with van der Waals surface area (Å²) in [5.74, 6) is 0. The third kappa shape index (κ3) is 2.32. The minimum Gasteiger partial charge on any atom is -0.386 e. The van der Waals surface area contributed by atoms with E-state index in [0.717, 1.165) is 0 Å². The maximum Gasteiger partial charge on any atom is 0.0994 e. The number of rotatable bonds is 3. The van der Waals surface area contributed by atoms with Gasteiger partial charge in [0, 0.05) is 11.2 Å². The molecule has 0 aliphatic carbocycles. The van der Waals surface area contributed by atoms with Gasteiger partial charge in [0.1, 0.15) is 0 Å². The molecule has 3 heteroatoms. The Hall–Kier alpha value is -0.860. The molecule has 0 radical (unpaired) electrons. The van der Waals surface area contributed by atoms with E-state index in [1.165, 1.54) is 0 Å². The van der Waals surface area contributed by atoms with Crippen LogP contribution in [0, 0.1) is 0 Å². The predicted octanol–water partition coefficient (Wildman–Crippen LogP) is 2.34. The highest BCUT2D eigenvalue weighted by Gasteiger charge is 2.06. The fraction of sp³-hybridized carbons (Fsp3) is 0.222. The van der Waals surface area contributed by atoms with Crippen molar-refractivity contribution in [3.05, 3.63) is 41.7 Å². The lowest BCUT2D eigenvalue weighted by Gasteiger charge is -2.06. The lowest BCUT2D eigenvalue weighted by molar-refractivity contribution is 0.177. The molecule has 12 heavy (non-hydrogen) atoms. The molecule has 0 fully saturated rings.